The number of aromatic hydroxyl groups is 1. The molecule has 0 fully saturated rings. The lowest BCUT2D eigenvalue weighted by molar-refractivity contribution is 0.119. The van der Waals surface area contributed by atoms with Gasteiger partial charge in [-0.15, -0.1) is 0 Å². The molecule has 0 bridgehead atoms. The van der Waals surface area contributed by atoms with Crippen molar-refractivity contribution in [2.24, 2.45) is 0 Å². The van der Waals surface area contributed by atoms with E-state index in [0.717, 1.165) is 6.42 Å². The van der Waals surface area contributed by atoms with Crippen molar-refractivity contribution in [3.63, 3.8) is 0 Å². The third-order valence-corrected chi connectivity index (χ3v) is 2.29. The predicted molar refractivity (Wildman–Crippen MR) is 59.9 cm³/mol. The average molecular weight is 226 g/mol. The van der Waals surface area contributed by atoms with Crippen molar-refractivity contribution in [2.75, 3.05) is 6.61 Å². The fraction of sp³-hybridized carbons (Fsp3) is 0.500. The van der Waals surface area contributed by atoms with Crippen molar-refractivity contribution in [1.82, 2.24) is 0 Å². The van der Waals surface area contributed by atoms with Gasteiger partial charge in [-0.3, -0.25) is 0 Å². The van der Waals surface area contributed by atoms with Crippen LogP contribution in [0.3, 0.4) is 0 Å². The van der Waals surface area contributed by atoms with Crippen molar-refractivity contribution in [3.05, 3.63) is 28.8 Å². The van der Waals surface area contributed by atoms with E-state index in [1.54, 1.807) is 12.1 Å². The maximum Gasteiger partial charge on any atom is 0.126 e. The highest BCUT2D eigenvalue weighted by atomic mass is 16.5. The molecule has 1 aromatic carbocycles. The van der Waals surface area contributed by atoms with Gasteiger partial charge in [0.05, 0.1) is 19.8 Å². The molecule has 0 aliphatic heterocycles. The van der Waals surface area contributed by atoms with E-state index in [-0.39, 0.29) is 19.0 Å². The largest absolute Gasteiger partial charge is 0.507 e. The van der Waals surface area contributed by atoms with Gasteiger partial charge in [-0.05, 0) is 24.1 Å². The lowest BCUT2D eigenvalue weighted by Crippen LogP contribution is -1.99. The summed E-state index contributed by atoms with van der Waals surface area (Å²) in [7, 11) is 0. The summed E-state index contributed by atoms with van der Waals surface area (Å²) < 4.78 is 5.33. The van der Waals surface area contributed by atoms with E-state index in [1.165, 1.54) is 0 Å². The first-order chi connectivity index (χ1) is 7.72. The number of aliphatic hydroxyl groups excluding tert-OH is 2. The molecule has 90 valence electrons. The summed E-state index contributed by atoms with van der Waals surface area (Å²) in [5.41, 5.74) is 1.68. The van der Waals surface area contributed by atoms with Crippen LogP contribution in [-0.4, -0.2) is 21.9 Å². The van der Waals surface area contributed by atoms with E-state index in [9.17, 15) is 5.11 Å². The Morgan fingerprint density at radius 2 is 1.81 bits per heavy atom. The van der Waals surface area contributed by atoms with Gasteiger partial charge in [0, 0.05) is 17.7 Å². The minimum atomic E-state index is -0.250. The fourth-order valence-corrected chi connectivity index (χ4v) is 1.48. The summed E-state index contributed by atoms with van der Waals surface area (Å²) in [6.07, 6.45) is 0.910. The van der Waals surface area contributed by atoms with Crippen LogP contribution in [0.5, 0.6) is 5.75 Å². The van der Waals surface area contributed by atoms with E-state index < -0.39 is 0 Å². The van der Waals surface area contributed by atoms with Crippen molar-refractivity contribution < 1.29 is 20.1 Å². The quantitative estimate of drug-likeness (QED) is 0.639. The van der Waals surface area contributed by atoms with Crippen LogP contribution in [0.4, 0.5) is 0 Å². The second-order valence-electron chi connectivity index (χ2n) is 3.63. The molecule has 0 amide bonds. The highest BCUT2D eigenvalue weighted by Gasteiger charge is 2.09. The molecule has 0 aliphatic rings. The van der Waals surface area contributed by atoms with Crippen LogP contribution in [0.2, 0.25) is 0 Å². The third kappa shape index (κ3) is 3.20. The Balaban J connectivity index is 2.88. The molecule has 0 heterocycles. The van der Waals surface area contributed by atoms with Gasteiger partial charge >= 0.3 is 0 Å². The predicted octanol–water partition coefficient (Wildman–Crippen LogP) is 1.30. The SMILES string of the molecule is CCCOCc1cc(CO)cc(CO)c1O. The van der Waals surface area contributed by atoms with Crippen LogP contribution < -0.4 is 0 Å². The maximum atomic E-state index is 9.79. The summed E-state index contributed by atoms with van der Waals surface area (Å²) >= 11 is 0. The number of phenols is 1. The molecular formula is C12H18O4. The standard InChI is InChI=1S/C12H18O4/c1-2-3-16-8-11-5-9(6-13)4-10(7-14)12(11)15/h4-5,13-15H,2-3,6-8H2,1H3. The van der Waals surface area contributed by atoms with Crippen LogP contribution in [0, 0.1) is 0 Å². The molecule has 16 heavy (non-hydrogen) atoms. The summed E-state index contributed by atoms with van der Waals surface area (Å²) in [4.78, 5) is 0. The van der Waals surface area contributed by atoms with E-state index in [2.05, 4.69) is 0 Å². The smallest absolute Gasteiger partial charge is 0.126 e. The Morgan fingerprint density at radius 3 is 2.38 bits per heavy atom. The van der Waals surface area contributed by atoms with Gasteiger partial charge in [0.1, 0.15) is 5.75 Å². The topological polar surface area (TPSA) is 69.9 Å². The van der Waals surface area contributed by atoms with Crippen LogP contribution in [-0.2, 0) is 24.6 Å². The zero-order valence-electron chi connectivity index (χ0n) is 9.44. The number of ether oxygens (including phenoxy) is 1. The van der Waals surface area contributed by atoms with Gasteiger partial charge in [0.25, 0.3) is 0 Å². The molecule has 4 heteroatoms. The van der Waals surface area contributed by atoms with Gasteiger partial charge in [0.15, 0.2) is 0 Å². The lowest BCUT2D eigenvalue weighted by Gasteiger charge is -2.11. The Kier molecular flexibility index (Phi) is 5.25. The summed E-state index contributed by atoms with van der Waals surface area (Å²) in [6.45, 7) is 2.55. The summed E-state index contributed by atoms with van der Waals surface area (Å²) in [5.74, 6) is 0.0517. The van der Waals surface area contributed by atoms with Crippen molar-refractivity contribution >= 4 is 0 Å². The Bertz CT molecular complexity index is 336. The molecular weight excluding hydrogens is 208 g/mol. The second kappa shape index (κ2) is 6.48. The molecule has 3 N–H and O–H groups in total. The third-order valence-electron chi connectivity index (χ3n) is 2.29. The van der Waals surface area contributed by atoms with Gasteiger partial charge in [-0.25, -0.2) is 0 Å². The molecule has 1 aromatic rings. The molecule has 1 rings (SSSR count). The highest BCUT2D eigenvalue weighted by Crippen LogP contribution is 2.25. The van der Waals surface area contributed by atoms with E-state index in [1.807, 2.05) is 6.92 Å². The Hall–Kier alpha value is -1.10. The van der Waals surface area contributed by atoms with Crippen LogP contribution in [0.25, 0.3) is 0 Å². The van der Waals surface area contributed by atoms with Gasteiger partial charge in [-0.1, -0.05) is 6.92 Å². The molecule has 0 saturated carbocycles. The second-order valence-corrected chi connectivity index (χ2v) is 3.63. The summed E-state index contributed by atoms with van der Waals surface area (Å²) in [5, 5.41) is 27.9. The van der Waals surface area contributed by atoms with E-state index in [0.29, 0.717) is 29.9 Å². The Morgan fingerprint density at radius 1 is 1.12 bits per heavy atom. The van der Waals surface area contributed by atoms with Crippen molar-refractivity contribution in [2.45, 2.75) is 33.2 Å². The molecule has 4 nitrogen and oxygen atoms in total. The van der Waals surface area contributed by atoms with Gasteiger partial charge in [0.2, 0.25) is 0 Å². The van der Waals surface area contributed by atoms with Gasteiger partial charge in [-0.2, -0.15) is 0 Å². The number of rotatable bonds is 6. The zero-order chi connectivity index (χ0) is 12.0. The summed E-state index contributed by atoms with van der Waals surface area (Å²) in [6, 6.07) is 3.27. The Labute approximate surface area is 95.1 Å². The van der Waals surface area contributed by atoms with Crippen LogP contribution in [0.15, 0.2) is 12.1 Å². The van der Waals surface area contributed by atoms with Crippen molar-refractivity contribution in [1.29, 1.82) is 0 Å². The molecule has 0 saturated heterocycles. The maximum absolute atomic E-state index is 9.79. The first kappa shape index (κ1) is 13.0. The lowest BCUT2D eigenvalue weighted by atomic mass is 10.1. The first-order valence-corrected chi connectivity index (χ1v) is 5.36. The van der Waals surface area contributed by atoms with Crippen LogP contribution in [0.1, 0.15) is 30.0 Å². The number of aliphatic hydroxyl groups is 2. The fourth-order valence-electron chi connectivity index (χ4n) is 1.48. The molecule has 0 unspecified atom stereocenters. The average Bonchev–Trinajstić information content (AvgIpc) is 2.31. The van der Waals surface area contributed by atoms with Crippen LogP contribution >= 0.6 is 0 Å². The number of benzene rings is 1. The van der Waals surface area contributed by atoms with Crippen molar-refractivity contribution in [3.8, 4) is 5.75 Å². The molecule has 0 aromatic heterocycles. The molecule has 0 atom stereocenters. The minimum absolute atomic E-state index is 0.0517. The zero-order valence-corrected chi connectivity index (χ0v) is 9.44. The monoisotopic (exact) mass is 226 g/mol. The molecule has 0 radical (unpaired) electrons. The highest BCUT2D eigenvalue weighted by molar-refractivity contribution is 5.43. The normalized spacial score (nSPS) is 10.7. The molecule has 0 spiro atoms. The number of hydrogen-bond acceptors (Lipinski definition) is 4. The minimum Gasteiger partial charge on any atom is -0.507 e. The first-order valence-electron chi connectivity index (χ1n) is 5.36. The van der Waals surface area contributed by atoms with Gasteiger partial charge < -0.3 is 20.1 Å². The van der Waals surface area contributed by atoms with E-state index in [4.69, 9.17) is 14.9 Å². The van der Waals surface area contributed by atoms with E-state index >= 15 is 0 Å². The number of hydrogen-bond donors (Lipinski definition) is 3. The molecule has 0 aliphatic carbocycles.